The van der Waals surface area contributed by atoms with Crippen LogP contribution in [0.2, 0.25) is 0 Å². The number of aliphatic carboxylic acids is 1. The van der Waals surface area contributed by atoms with Crippen LogP contribution in [0.1, 0.15) is 59.8 Å². The molecule has 8 unspecified atom stereocenters. The van der Waals surface area contributed by atoms with Crippen molar-refractivity contribution in [3.05, 3.63) is 47.6 Å². The van der Waals surface area contributed by atoms with Gasteiger partial charge in [-0.3, -0.25) is 0 Å². The van der Waals surface area contributed by atoms with E-state index in [1.807, 2.05) is 26.0 Å². The predicted molar refractivity (Wildman–Crippen MR) is 164 cm³/mol. The van der Waals surface area contributed by atoms with E-state index in [9.17, 15) is 45.6 Å². The maximum Gasteiger partial charge on any atom is 0.331 e. The van der Waals surface area contributed by atoms with Crippen LogP contribution in [0.5, 0.6) is 0 Å². The topological polar surface area (TPSA) is 236 Å². The summed E-state index contributed by atoms with van der Waals surface area (Å²) in [4.78, 5) is 10.9. The van der Waals surface area contributed by atoms with Gasteiger partial charge in [0.1, 0.15) is 48.8 Å². The summed E-state index contributed by atoms with van der Waals surface area (Å²) in [6, 6.07) is 0. The van der Waals surface area contributed by atoms with Crippen LogP contribution in [0.15, 0.2) is 47.6 Å². The van der Waals surface area contributed by atoms with Crippen molar-refractivity contribution in [1.82, 2.24) is 0 Å². The van der Waals surface area contributed by atoms with Gasteiger partial charge in [-0.05, 0) is 65.9 Å². The van der Waals surface area contributed by atoms with E-state index in [0.29, 0.717) is 25.7 Å². The van der Waals surface area contributed by atoms with Crippen LogP contribution in [0.4, 0.5) is 0 Å². The van der Waals surface area contributed by atoms with E-state index in [2.05, 4.69) is 6.58 Å². The molecule has 0 amide bonds. The molecular formula is C32H52O14. The number of carboxylic acid groups (broad SMARTS) is 1. The van der Waals surface area contributed by atoms with E-state index >= 15 is 0 Å². The molecule has 2 aliphatic rings. The largest absolute Gasteiger partial charge is 0.478 e. The van der Waals surface area contributed by atoms with Gasteiger partial charge in [-0.15, -0.1) is 6.58 Å². The maximum absolute atomic E-state index is 10.9. The highest BCUT2D eigenvalue weighted by Crippen LogP contribution is 2.33. The Morgan fingerprint density at radius 3 is 2.00 bits per heavy atom. The Balaban J connectivity index is 2.06. The Kier molecular flexibility index (Phi) is 16.1. The minimum Gasteiger partial charge on any atom is -0.478 e. The third-order valence-electron chi connectivity index (χ3n) is 8.26. The van der Waals surface area contributed by atoms with Crippen LogP contribution in [-0.4, -0.2) is 138 Å². The number of carboxylic acids is 1. The summed E-state index contributed by atoms with van der Waals surface area (Å²) in [5.74, 6) is -1.07. The van der Waals surface area contributed by atoms with E-state index in [0.717, 1.165) is 17.6 Å². The molecule has 9 N–H and O–H groups in total. The molecule has 0 aromatic carbocycles. The molecule has 46 heavy (non-hydrogen) atoms. The lowest BCUT2D eigenvalue weighted by atomic mass is 9.95. The molecule has 12 atom stereocenters. The van der Waals surface area contributed by atoms with Crippen molar-refractivity contribution < 1.29 is 69.7 Å². The molecule has 264 valence electrons. The first-order valence-electron chi connectivity index (χ1n) is 15.4. The number of aliphatic hydroxyl groups excluding tert-OH is 8. The average molecular weight is 661 g/mol. The van der Waals surface area contributed by atoms with Crippen molar-refractivity contribution in [3.8, 4) is 0 Å². The highest BCUT2D eigenvalue weighted by molar-refractivity contribution is 5.85. The van der Waals surface area contributed by atoms with Crippen LogP contribution in [0, 0.1) is 0 Å². The Morgan fingerprint density at radius 1 is 0.870 bits per heavy atom. The fourth-order valence-corrected chi connectivity index (χ4v) is 5.19. The Hall–Kier alpha value is -2.05. The third kappa shape index (κ3) is 11.3. The zero-order chi connectivity index (χ0) is 34.8. The zero-order valence-corrected chi connectivity index (χ0v) is 26.9. The number of hydrogen-bond acceptors (Lipinski definition) is 13. The second kappa shape index (κ2) is 18.5. The van der Waals surface area contributed by atoms with E-state index < -0.39 is 92.3 Å². The van der Waals surface area contributed by atoms with Gasteiger partial charge in [-0.25, -0.2) is 4.79 Å². The van der Waals surface area contributed by atoms with E-state index in [1.54, 1.807) is 6.92 Å². The van der Waals surface area contributed by atoms with Gasteiger partial charge in [0.2, 0.25) is 0 Å². The molecule has 0 aromatic rings. The van der Waals surface area contributed by atoms with Gasteiger partial charge in [0.15, 0.2) is 12.6 Å². The van der Waals surface area contributed by atoms with Crippen LogP contribution in [-0.2, 0) is 23.7 Å². The fourth-order valence-electron chi connectivity index (χ4n) is 5.19. The summed E-state index contributed by atoms with van der Waals surface area (Å²) >= 11 is 0. The lowest BCUT2D eigenvalue weighted by Gasteiger charge is -2.47. The molecule has 14 nitrogen and oxygen atoms in total. The summed E-state index contributed by atoms with van der Waals surface area (Å²) in [5.41, 5.74) is 1.05. The van der Waals surface area contributed by atoms with Crippen molar-refractivity contribution in [2.75, 3.05) is 13.2 Å². The van der Waals surface area contributed by atoms with Gasteiger partial charge in [0.25, 0.3) is 0 Å². The quantitative estimate of drug-likeness (QED) is 0.0727. The van der Waals surface area contributed by atoms with Crippen LogP contribution < -0.4 is 0 Å². The van der Waals surface area contributed by atoms with E-state index in [4.69, 9.17) is 24.1 Å². The first-order valence-corrected chi connectivity index (χ1v) is 15.4. The summed E-state index contributed by atoms with van der Waals surface area (Å²) < 4.78 is 23.1. The lowest BCUT2D eigenvalue weighted by molar-refractivity contribution is -0.375. The standard InChI is InChI=1S/C32H52O14/c1-6-32(5,12-8-11-17(2)9-7-10-18(3)13-20(35)14-19(4)29(41)42)46-31-28(26(39)24(37)22(16-34)44-31)45-30-27(40)25(38)23(36)21(15-33)43-30/h6,10-11,14,20-28,30-31,33-40H,1,7-9,12-13,15-16H2,2-5H3,(H,41,42)/b17-11+,18-10+,19-14+/t20?,21?,22?,23-,24-,25?,26?,27?,28?,30+,31+,32?/m1/s1. The van der Waals surface area contributed by atoms with Gasteiger partial charge in [-0.1, -0.05) is 29.4 Å². The molecule has 0 spiro atoms. The summed E-state index contributed by atoms with van der Waals surface area (Å²) in [6.07, 6.45) is -6.76. The lowest BCUT2D eigenvalue weighted by Crippen LogP contribution is -2.65. The smallest absolute Gasteiger partial charge is 0.331 e. The summed E-state index contributed by atoms with van der Waals surface area (Å²) in [7, 11) is 0. The van der Waals surface area contributed by atoms with Crippen molar-refractivity contribution in [3.63, 3.8) is 0 Å². The van der Waals surface area contributed by atoms with Gasteiger partial charge in [0.05, 0.1) is 24.9 Å². The Morgan fingerprint density at radius 2 is 1.43 bits per heavy atom. The molecule has 0 saturated carbocycles. The predicted octanol–water partition coefficient (Wildman–Crippen LogP) is -0.193. The second-order valence-corrected chi connectivity index (χ2v) is 12.2. The molecule has 0 aliphatic carbocycles. The molecule has 2 heterocycles. The van der Waals surface area contributed by atoms with E-state index in [1.165, 1.54) is 19.1 Å². The van der Waals surface area contributed by atoms with Gasteiger partial charge < -0.3 is 64.9 Å². The normalized spacial score (nSPS) is 35.0. The van der Waals surface area contributed by atoms with Crippen molar-refractivity contribution in [2.24, 2.45) is 0 Å². The minimum absolute atomic E-state index is 0.0865. The number of hydrogen-bond donors (Lipinski definition) is 9. The highest BCUT2D eigenvalue weighted by Gasteiger charge is 2.51. The molecule has 14 heteroatoms. The number of ether oxygens (including phenoxy) is 4. The molecule has 2 rings (SSSR count). The van der Waals surface area contributed by atoms with Crippen molar-refractivity contribution in [1.29, 1.82) is 0 Å². The maximum atomic E-state index is 10.9. The number of aliphatic hydroxyl groups is 8. The summed E-state index contributed by atoms with van der Waals surface area (Å²) in [6.45, 7) is 9.51. The van der Waals surface area contributed by atoms with Crippen LogP contribution in [0.25, 0.3) is 0 Å². The second-order valence-electron chi connectivity index (χ2n) is 12.2. The average Bonchev–Trinajstić information content (AvgIpc) is 3.00. The van der Waals surface area contributed by atoms with Gasteiger partial charge in [-0.2, -0.15) is 0 Å². The molecule has 0 bridgehead atoms. The SMILES string of the molecule is C=CC(C)(CC/C=C(\C)CC/C=C(\C)CC(O)/C=C(\C)C(=O)O)O[C@@H]1OC(CO)[C@@H](O)C(O)C1O[C@@H]1OC(CO)[C@@H](O)C(O)C1O. The van der Waals surface area contributed by atoms with E-state index in [-0.39, 0.29) is 5.57 Å². The minimum atomic E-state index is -1.78. The zero-order valence-electron chi connectivity index (χ0n) is 26.9. The highest BCUT2D eigenvalue weighted by atomic mass is 16.8. The van der Waals surface area contributed by atoms with Crippen LogP contribution in [0.3, 0.4) is 0 Å². The molecule has 2 aliphatic heterocycles. The van der Waals surface area contributed by atoms with Crippen molar-refractivity contribution in [2.45, 2.75) is 133 Å². The number of allylic oxidation sites excluding steroid dienone is 3. The number of rotatable bonds is 17. The molecule has 2 fully saturated rings. The van der Waals surface area contributed by atoms with Crippen molar-refractivity contribution >= 4 is 5.97 Å². The Labute approximate surface area is 269 Å². The van der Waals surface area contributed by atoms with Gasteiger partial charge >= 0.3 is 5.97 Å². The monoisotopic (exact) mass is 660 g/mol. The fraction of sp³-hybridized carbons (Fsp3) is 0.719. The summed E-state index contributed by atoms with van der Waals surface area (Å²) in [5, 5.41) is 90.3. The molecule has 0 aromatic heterocycles. The first kappa shape index (κ1) is 40.1. The molecular weight excluding hydrogens is 608 g/mol. The third-order valence-corrected chi connectivity index (χ3v) is 8.26. The number of carbonyl (C=O) groups is 1. The van der Waals surface area contributed by atoms with Crippen LogP contribution >= 0.6 is 0 Å². The first-order chi connectivity index (χ1) is 21.6. The van der Waals surface area contributed by atoms with Gasteiger partial charge in [0, 0.05) is 5.57 Å². The molecule has 2 saturated heterocycles. The molecule has 0 radical (unpaired) electrons. The Bertz CT molecular complexity index is 1070.